The van der Waals surface area contributed by atoms with Crippen molar-refractivity contribution in [2.24, 2.45) is 0 Å². The van der Waals surface area contributed by atoms with Gasteiger partial charge in [0.2, 0.25) is 6.79 Å². The third-order valence-electron chi connectivity index (χ3n) is 5.17. The summed E-state index contributed by atoms with van der Waals surface area (Å²) in [5, 5.41) is 12.5. The van der Waals surface area contributed by atoms with E-state index < -0.39 is 5.91 Å². The molecule has 4 rings (SSSR count). The molecule has 1 heterocycles. The Balaban J connectivity index is 1.48. The maximum Gasteiger partial charge on any atom is 0.266 e. The number of carbonyl (C=O) groups is 1. The molecule has 0 radical (unpaired) electrons. The molecule has 0 unspecified atom stereocenters. The molecule has 0 atom stereocenters. The number of hydrogen-bond donors (Lipinski definition) is 1. The molecule has 8 nitrogen and oxygen atoms in total. The number of ether oxygens (including phenoxy) is 5. The summed E-state index contributed by atoms with van der Waals surface area (Å²) in [4.78, 5) is 12.7. The Morgan fingerprint density at radius 2 is 1.89 bits per heavy atom. The van der Waals surface area contributed by atoms with Gasteiger partial charge in [0, 0.05) is 5.69 Å². The minimum Gasteiger partial charge on any atom is -0.494 e. The highest BCUT2D eigenvalue weighted by molar-refractivity contribution is 6.32. The second kappa shape index (κ2) is 11.4. The summed E-state index contributed by atoms with van der Waals surface area (Å²) in [5.74, 6) is 2.17. The molecule has 3 aromatic rings. The van der Waals surface area contributed by atoms with E-state index in [9.17, 15) is 10.1 Å². The maximum atomic E-state index is 12.7. The molecule has 1 N–H and O–H groups in total. The van der Waals surface area contributed by atoms with E-state index in [-0.39, 0.29) is 24.0 Å². The van der Waals surface area contributed by atoms with Crippen molar-refractivity contribution in [3.63, 3.8) is 0 Å². The number of nitrogens with one attached hydrogen (secondary N) is 1. The summed E-state index contributed by atoms with van der Waals surface area (Å²) in [6.07, 6.45) is 1.43. The lowest BCUT2D eigenvalue weighted by atomic mass is 10.1. The Morgan fingerprint density at radius 3 is 2.61 bits per heavy atom. The molecule has 0 aliphatic carbocycles. The second-order valence-electron chi connectivity index (χ2n) is 7.59. The zero-order chi connectivity index (χ0) is 25.5. The van der Waals surface area contributed by atoms with E-state index in [4.69, 9.17) is 35.3 Å². The number of rotatable bonds is 9. The molecule has 9 heteroatoms. The van der Waals surface area contributed by atoms with Crippen LogP contribution in [0.5, 0.6) is 28.7 Å². The van der Waals surface area contributed by atoms with E-state index in [1.54, 1.807) is 36.4 Å². The lowest BCUT2D eigenvalue weighted by Crippen LogP contribution is -2.13. The van der Waals surface area contributed by atoms with E-state index in [0.717, 1.165) is 5.56 Å². The van der Waals surface area contributed by atoms with Crippen molar-refractivity contribution in [3.8, 4) is 34.8 Å². The molecule has 1 amide bonds. The molecule has 0 aromatic heterocycles. The molecule has 0 saturated heterocycles. The van der Waals surface area contributed by atoms with Crippen LogP contribution in [0.1, 0.15) is 18.1 Å². The standard InChI is InChI=1S/C27H23ClN2O6/c1-3-33-21-7-5-20(6-8-21)30-27(31)19(14-29)10-18-11-22(28)26(25(13-18)32-2)34-15-17-4-9-23-24(12-17)36-16-35-23/h4-13H,3,15-16H2,1-2H3,(H,30,31)/b19-10-. The molecule has 3 aromatic carbocycles. The fraction of sp³-hybridized carbons (Fsp3) is 0.185. The Morgan fingerprint density at radius 1 is 1.11 bits per heavy atom. The predicted molar refractivity (Wildman–Crippen MR) is 135 cm³/mol. The van der Waals surface area contributed by atoms with Crippen LogP contribution < -0.4 is 29.0 Å². The number of nitrogens with zero attached hydrogens (tertiary/aromatic N) is 1. The minimum atomic E-state index is -0.556. The van der Waals surface area contributed by atoms with Crippen LogP contribution >= 0.6 is 11.6 Å². The Labute approximate surface area is 213 Å². The smallest absolute Gasteiger partial charge is 0.266 e. The van der Waals surface area contributed by atoms with Crippen molar-refractivity contribution in [1.29, 1.82) is 5.26 Å². The SMILES string of the molecule is CCOc1ccc(NC(=O)/C(C#N)=C\c2cc(Cl)c(OCc3ccc4c(c3)OCO4)c(OC)c2)cc1. The number of carbonyl (C=O) groups excluding carboxylic acids is 1. The van der Waals surface area contributed by atoms with E-state index >= 15 is 0 Å². The van der Waals surface area contributed by atoms with Gasteiger partial charge in [0.1, 0.15) is 24.0 Å². The number of halogens is 1. The van der Waals surface area contributed by atoms with Gasteiger partial charge in [-0.2, -0.15) is 5.26 Å². The number of nitriles is 1. The fourth-order valence-electron chi connectivity index (χ4n) is 3.46. The molecular formula is C27H23ClN2O6. The summed E-state index contributed by atoms with van der Waals surface area (Å²) in [5.41, 5.74) is 1.80. The lowest BCUT2D eigenvalue weighted by Gasteiger charge is -2.14. The first-order valence-corrected chi connectivity index (χ1v) is 11.4. The zero-order valence-electron chi connectivity index (χ0n) is 19.7. The number of benzene rings is 3. The first kappa shape index (κ1) is 24.8. The van der Waals surface area contributed by atoms with Crippen molar-refractivity contribution in [3.05, 3.63) is 76.3 Å². The van der Waals surface area contributed by atoms with Gasteiger partial charge in [-0.25, -0.2) is 0 Å². The van der Waals surface area contributed by atoms with Crippen molar-refractivity contribution in [2.75, 3.05) is 25.8 Å². The molecule has 0 bridgehead atoms. The number of fused-ring (bicyclic) bond motifs is 1. The number of anilines is 1. The highest BCUT2D eigenvalue weighted by Crippen LogP contribution is 2.38. The van der Waals surface area contributed by atoms with Gasteiger partial charge < -0.3 is 29.0 Å². The van der Waals surface area contributed by atoms with Gasteiger partial charge in [-0.15, -0.1) is 0 Å². The number of amides is 1. The maximum absolute atomic E-state index is 12.7. The predicted octanol–water partition coefficient (Wildman–Crippen LogP) is 5.60. The molecule has 0 spiro atoms. The zero-order valence-corrected chi connectivity index (χ0v) is 20.4. The monoisotopic (exact) mass is 506 g/mol. The van der Waals surface area contributed by atoms with E-state index in [1.165, 1.54) is 13.2 Å². The Kier molecular flexibility index (Phi) is 7.83. The molecule has 1 aliphatic heterocycles. The van der Waals surface area contributed by atoms with Crippen LogP contribution in [-0.2, 0) is 11.4 Å². The van der Waals surface area contributed by atoms with Crippen LogP contribution in [0.2, 0.25) is 5.02 Å². The van der Waals surface area contributed by atoms with Gasteiger partial charge in [-0.05, 0) is 72.7 Å². The quantitative estimate of drug-likeness (QED) is 0.298. The third-order valence-corrected chi connectivity index (χ3v) is 5.45. The summed E-state index contributed by atoms with van der Waals surface area (Å²) in [6, 6.07) is 17.6. The fourth-order valence-corrected chi connectivity index (χ4v) is 3.74. The normalized spacial score (nSPS) is 12.0. The summed E-state index contributed by atoms with van der Waals surface area (Å²) in [7, 11) is 1.48. The van der Waals surface area contributed by atoms with Crippen LogP contribution in [0.25, 0.3) is 6.08 Å². The Bertz CT molecular complexity index is 1330. The van der Waals surface area contributed by atoms with Gasteiger partial charge in [0.25, 0.3) is 5.91 Å². The summed E-state index contributed by atoms with van der Waals surface area (Å²) >= 11 is 6.48. The lowest BCUT2D eigenvalue weighted by molar-refractivity contribution is -0.112. The minimum absolute atomic E-state index is 0.101. The number of methoxy groups -OCH3 is 1. The van der Waals surface area contributed by atoms with Gasteiger partial charge in [-0.3, -0.25) is 4.79 Å². The molecule has 36 heavy (non-hydrogen) atoms. The summed E-state index contributed by atoms with van der Waals surface area (Å²) in [6.45, 7) is 2.84. The van der Waals surface area contributed by atoms with Crippen molar-refractivity contribution < 1.29 is 28.5 Å². The topological polar surface area (TPSA) is 99.0 Å². The van der Waals surface area contributed by atoms with E-state index in [2.05, 4.69) is 5.32 Å². The highest BCUT2D eigenvalue weighted by atomic mass is 35.5. The number of hydrogen-bond acceptors (Lipinski definition) is 7. The van der Waals surface area contributed by atoms with Crippen LogP contribution in [0.4, 0.5) is 5.69 Å². The van der Waals surface area contributed by atoms with Crippen molar-refractivity contribution in [1.82, 2.24) is 0 Å². The molecular weight excluding hydrogens is 484 g/mol. The van der Waals surface area contributed by atoms with Crippen LogP contribution in [0.3, 0.4) is 0 Å². The van der Waals surface area contributed by atoms with Gasteiger partial charge in [0.15, 0.2) is 23.0 Å². The van der Waals surface area contributed by atoms with Crippen LogP contribution in [0.15, 0.2) is 60.2 Å². The summed E-state index contributed by atoms with van der Waals surface area (Å²) < 4.78 is 27.5. The van der Waals surface area contributed by atoms with E-state index in [1.807, 2.05) is 31.2 Å². The van der Waals surface area contributed by atoms with Crippen molar-refractivity contribution >= 4 is 29.3 Å². The van der Waals surface area contributed by atoms with Gasteiger partial charge in [0.05, 0.1) is 18.7 Å². The molecule has 0 saturated carbocycles. The van der Waals surface area contributed by atoms with Crippen LogP contribution in [0, 0.1) is 11.3 Å². The average molecular weight is 507 g/mol. The second-order valence-corrected chi connectivity index (χ2v) is 8.00. The first-order valence-electron chi connectivity index (χ1n) is 11.1. The van der Waals surface area contributed by atoms with Gasteiger partial charge in [-0.1, -0.05) is 17.7 Å². The highest BCUT2D eigenvalue weighted by Gasteiger charge is 2.17. The molecule has 184 valence electrons. The third kappa shape index (κ3) is 5.82. The van der Waals surface area contributed by atoms with Crippen molar-refractivity contribution in [2.45, 2.75) is 13.5 Å². The Hall–Kier alpha value is -4.35. The largest absolute Gasteiger partial charge is 0.494 e. The average Bonchev–Trinajstić information content (AvgIpc) is 3.35. The molecule has 1 aliphatic rings. The van der Waals surface area contributed by atoms with Crippen LogP contribution in [-0.4, -0.2) is 26.4 Å². The van der Waals surface area contributed by atoms with E-state index in [0.29, 0.717) is 46.6 Å². The first-order chi connectivity index (χ1) is 17.5. The molecule has 0 fully saturated rings. The van der Waals surface area contributed by atoms with Gasteiger partial charge >= 0.3 is 0 Å².